The standard InChI is InChI=1S/C12H22N2O2/c1-16-9-11-5-3-7-14(11)12(15)10-4-2-6-13-8-10/h10-11,13H,2-9H2,1H3. The molecule has 16 heavy (non-hydrogen) atoms. The van der Waals surface area contributed by atoms with Crippen LogP contribution in [0, 0.1) is 5.92 Å². The van der Waals surface area contributed by atoms with Crippen molar-refractivity contribution < 1.29 is 9.53 Å². The number of carbonyl (C=O) groups excluding carboxylic acids is 1. The Labute approximate surface area is 97.3 Å². The van der Waals surface area contributed by atoms with Crippen LogP contribution in [0.4, 0.5) is 0 Å². The molecule has 2 unspecified atom stereocenters. The summed E-state index contributed by atoms with van der Waals surface area (Å²) in [6, 6.07) is 0.319. The minimum atomic E-state index is 0.200. The summed E-state index contributed by atoms with van der Waals surface area (Å²) in [5, 5.41) is 3.31. The lowest BCUT2D eigenvalue weighted by Gasteiger charge is -2.30. The number of ether oxygens (including phenoxy) is 1. The SMILES string of the molecule is COCC1CCCN1C(=O)C1CCCNC1. The predicted molar refractivity (Wildman–Crippen MR) is 62.2 cm³/mol. The molecule has 0 aromatic rings. The number of rotatable bonds is 3. The van der Waals surface area contributed by atoms with Gasteiger partial charge in [-0.3, -0.25) is 4.79 Å². The summed E-state index contributed by atoms with van der Waals surface area (Å²) in [7, 11) is 1.71. The van der Waals surface area contributed by atoms with E-state index in [0.29, 0.717) is 18.6 Å². The average Bonchev–Trinajstić information content (AvgIpc) is 2.78. The highest BCUT2D eigenvalue weighted by Gasteiger charge is 2.33. The van der Waals surface area contributed by atoms with Gasteiger partial charge in [0, 0.05) is 20.2 Å². The van der Waals surface area contributed by atoms with Crippen molar-refractivity contribution in [3.8, 4) is 0 Å². The Morgan fingerprint density at radius 3 is 3.00 bits per heavy atom. The van der Waals surface area contributed by atoms with Gasteiger partial charge in [-0.2, -0.15) is 0 Å². The summed E-state index contributed by atoms with van der Waals surface area (Å²) in [4.78, 5) is 14.4. The van der Waals surface area contributed by atoms with E-state index in [2.05, 4.69) is 5.32 Å². The Kier molecular flexibility index (Phi) is 4.18. The van der Waals surface area contributed by atoms with E-state index in [1.165, 1.54) is 0 Å². The van der Waals surface area contributed by atoms with Crippen LogP contribution in [0.25, 0.3) is 0 Å². The molecular formula is C12H22N2O2. The summed E-state index contributed by atoms with van der Waals surface area (Å²) < 4.78 is 5.18. The van der Waals surface area contributed by atoms with Gasteiger partial charge in [-0.1, -0.05) is 0 Å². The van der Waals surface area contributed by atoms with Gasteiger partial charge >= 0.3 is 0 Å². The first-order chi connectivity index (χ1) is 7.83. The van der Waals surface area contributed by atoms with Gasteiger partial charge < -0.3 is 15.0 Å². The minimum absolute atomic E-state index is 0.200. The molecule has 92 valence electrons. The number of amides is 1. The molecular weight excluding hydrogens is 204 g/mol. The largest absolute Gasteiger partial charge is 0.383 e. The van der Waals surface area contributed by atoms with E-state index >= 15 is 0 Å². The highest BCUT2D eigenvalue weighted by Crippen LogP contribution is 2.22. The molecule has 1 amide bonds. The third-order valence-corrected chi connectivity index (χ3v) is 3.67. The Morgan fingerprint density at radius 1 is 1.44 bits per heavy atom. The van der Waals surface area contributed by atoms with Crippen LogP contribution < -0.4 is 5.32 Å². The molecule has 2 aliphatic heterocycles. The van der Waals surface area contributed by atoms with Gasteiger partial charge in [0.05, 0.1) is 18.6 Å². The number of likely N-dealkylation sites (tertiary alicyclic amines) is 1. The lowest BCUT2D eigenvalue weighted by atomic mass is 9.98. The number of hydrogen-bond acceptors (Lipinski definition) is 3. The molecule has 0 bridgehead atoms. The molecule has 2 aliphatic rings. The van der Waals surface area contributed by atoms with Crippen LogP contribution in [-0.4, -0.2) is 50.2 Å². The molecule has 0 aromatic carbocycles. The molecule has 2 fully saturated rings. The normalized spacial score (nSPS) is 30.7. The fraction of sp³-hybridized carbons (Fsp3) is 0.917. The van der Waals surface area contributed by atoms with Crippen LogP contribution in [0.1, 0.15) is 25.7 Å². The monoisotopic (exact) mass is 226 g/mol. The molecule has 0 aliphatic carbocycles. The van der Waals surface area contributed by atoms with Gasteiger partial charge in [-0.05, 0) is 32.2 Å². The quantitative estimate of drug-likeness (QED) is 0.767. The molecule has 2 rings (SSSR count). The molecule has 2 heterocycles. The number of carbonyl (C=O) groups is 1. The van der Waals surface area contributed by atoms with Crippen LogP contribution in [-0.2, 0) is 9.53 Å². The molecule has 0 radical (unpaired) electrons. The highest BCUT2D eigenvalue weighted by atomic mass is 16.5. The second kappa shape index (κ2) is 5.64. The first-order valence-electron chi connectivity index (χ1n) is 6.33. The fourth-order valence-electron chi connectivity index (χ4n) is 2.79. The average molecular weight is 226 g/mol. The van der Waals surface area contributed by atoms with Crippen LogP contribution in [0.3, 0.4) is 0 Å². The van der Waals surface area contributed by atoms with Crippen molar-refractivity contribution in [1.82, 2.24) is 10.2 Å². The van der Waals surface area contributed by atoms with E-state index in [1.54, 1.807) is 7.11 Å². The molecule has 4 heteroatoms. The number of hydrogen-bond donors (Lipinski definition) is 1. The van der Waals surface area contributed by atoms with Gasteiger partial charge in [0.15, 0.2) is 0 Å². The first kappa shape index (κ1) is 11.9. The van der Waals surface area contributed by atoms with Crippen molar-refractivity contribution in [3.05, 3.63) is 0 Å². The molecule has 1 N–H and O–H groups in total. The van der Waals surface area contributed by atoms with Crippen LogP contribution in [0.15, 0.2) is 0 Å². The van der Waals surface area contributed by atoms with E-state index in [-0.39, 0.29) is 5.92 Å². The van der Waals surface area contributed by atoms with Gasteiger partial charge in [0.2, 0.25) is 5.91 Å². The highest BCUT2D eigenvalue weighted by molar-refractivity contribution is 5.79. The minimum Gasteiger partial charge on any atom is -0.383 e. The Hall–Kier alpha value is -0.610. The zero-order valence-electron chi connectivity index (χ0n) is 10.1. The molecule has 0 aromatic heterocycles. The van der Waals surface area contributed by atoms with Crippen molar-refractivity contribution in [1.29, 1.82) is 0 Å². The number of nitrogens with one attached hydrogen (secondary N) is 1. The van der Waals surface area contributed by atoms with E-state index in [0.717, 1.165) is 45.3 Å². The third-order valence-electron chi connectivity index (χ3n) is 3.67. The van der Waals surface area contributed by atoms with Crippen LogP contribution in [0.5, 0.6) is 0 Å². The summed E-state index contributed by atoms with van der Waals surface area (Å²) in [6.07, 6.45) is 4.39. The zero-order chi connectivity index (χ0) is 11.4. The smallest absolute Gasteiger partial charge is 0.227 e. The van der Waals surface area contributed by atoms with Crippen molar-refractivity contribution in [2.75, 3.05) is 33.4 Å². The van der Waals surface area contributed by atoms with E-state index in [1.807, 2.05) is 4.90 Å². The van der Waals surface area contributed by atoms with E-state index < -0.39 is 0 Å². The first-order valence-corrected chi connectivity index (χ1v) is 6.33. The number of piperidine rings is 1. The molecule has 2 atom stereocenters. The summed E-state index contributed by atoms with van der Waals surface area (Å²) in [6.45, 7) is 3.52. The number of methoxy groups -OCH3 is 1. The lowest BCUT2D eigenvalue weighted by Crippen LogP contribution is -2.46. The van der Waals surface area contributed by atoms with E-state index in [4.69, 9.17) is 4.74 Å². The van der Waals surface area contributed by atoms with E-state index in [9.17, 15) is 4.79 Å². The summed E-state index contributed by atoms with van der Waals surface area (Å²) in [5.74, 6) is 0.540. The van der Waals surface area contributed by atoms with Crippen LogP contribution >= 0.6 is 0 Å². The molecule has 2 saturated heterocycles. The third kappa shape index (κ3) is 2.55. The molecule has 4 nitrogen and oxygen atoms in total. The maximum atomic E-state index is 12.3. The Morgan fingerprint density at radius 2 is 2.31 bits per heavy atom. The van der Waals surface area contributed by atoms with Gasteiger partial charge in [0.25, 0.3) is 0 Å². The molecule has 0 spiro atoms. The molecule has 0 saturated carbocycles. The van der Waals surface area contributed by atoms with Crippen molar-refractivity contribution in [2.45, 2.75) is 31.7 Å². The summed E-state index contributed by atoms with van der Waals surface area (Å²) >= 11 is 0. The maximum Gasteiger partial charge on any atom is 0.227 e. The number of nitrogens with zero attached hydrogens (tertiary/aromatic N) is 1. The Bertz CT molecular complexity index is 239. The second-order valence-electron chi connectivity index (χ2n) is 4.83. The Balaban J connectivity index is 1.91. The zero-order valence-corrected chi connectivity index (χ0v) is 10.1. The lowest BCUT2D eigenvalue weighted by molar-refractivity contribution is -0.137. The van der Waals surface area contributed by atoms with Gasteiger partial charge in [0.1, 0.15) is 0 Å². The van der Waals surface area contributed by atoms with Crippen molar-refractivity contribution in [2.24, 2.45) is 5.92 Å². The predicted octanol–water partition coefficient (Wildman–Crippen LogP) is 0.623. The van der Waals surface area contributed by atoms with Gasteiger partial charge in [-0.25, -0.2) is 0 Å². The second-order valence-corrected chi connectivity index (χ2v) is 4.83. The van der Waals surface area contributed by atoms with Gasteiger partial charge in [-0.15, -0.1) is 0 Å². The maximum absolute atomic E-state index is 12.3. The van der Waals surface area contributed by atoms with Crippen molar-refractivity contribution >= 4 is 5.91 Å². The van der Waals surface area contributed by atoms with Crippen molar-refractivity contribution in [3.63, 3.8) is 0 Å². The summed E-state index contributed by atoms with van der Waals surface area (Å²) in [5.41, 5.74) is 0. The fourth-order valence-corrected chi connectivity index (χ4v) is 2.79. The topological polar surface area (TPSA) is 41.6 Å². The van der Waals surface area contributed by atoms with Crippen LogP contribution in [0.2, 0.25) is 0 Å².